The fourth-order valence-electron chi connectivity index (χ4n) is 5.66. The van der Waals surface area contributed by atoms with Crippen LogP contribution in [0.2, 0.25) is 0 Å². The lowest BCUT2D eigenvalue weighted by molar-refractivity contribution is 0.0831. The van der Waals surface area contributed by atoms with Gasteiger partial charge in [0.15, 0.2) is 11.6 Å². The van der Waals surface area contributed by atoms with Gasteiger partial charge in [0, 0.05) is 36.9 Å². The highest BCUT2D eigenvalue weighted by Gasteiger charge is 2.35. The maximum Gasteiger partial charge on any atom is 0.185 e. The quantitative estimate of drug-likeness (QED) is 0.585. The molecule has 0 saturated carbocycles. The average Bonchev–Trinajstić information content (AvgIpc) is 3.19. The second-order valence-corrected chi connectivity index (χ2v) is 10.8. The van der Waals surface area contributed by atoms with E-state index >= 15 is 0 Å². The van der Waals surface area contributed by atoms with Crippen molar-refractivity contribution in [3.8, 4) is 34.0 Å². The van der Waals surface area contributed by atoms with E-state index in [2.05, 4.69) is 51.3 Å². The van der Waals surface area contributed by atoms with Gasteiger partial charge in [-0.2, -0.15) is 0 Å². The van der Waals surface area contributed by atoms with Crippen molar-refractivity contribution >= 4 is 5.82 Å². The molecular weight excluding hydrogens is 440 g/mol. The lowest BCUT2D eigenvalue weighted by atomic mass is 9.96. The second-order valence-electron chi connectivity index (χ2n) is 10.8. The topological polar surface area (TPSA) is 96.3 Å². The minimum atomic E-state index is -0.197. The summed E-state index contributed by atoms with van der Waals surface area (Å²) < 4.78 is 6.13. The summed E-state index contributed by atoms with van der Waals surface area (Å²) in [5.74, 6) is 2.10. The van der Waals surface area contributed by atoms with Gasteiger partial charge in [0.25, 0.3) is 0 Å². The number of aryl methyl sites for hydroxylation is 1. The molecule has 3 aromatic rings. The van der Waals surface area contributed by atoms with Crippen molar-refractivity contribution in [1.82, 2.24) is 25.5 Å². The van der Waals surface area contributed by atoms with E-state index in [0.29, 0.717) is 29.5 Å². The standard InChI is InChI=1S/C27H32N6O2/c1-27(2)9-8-22-24(35-27)11-17(14-28-22)16-4-7-21(23(34)10-16)26-29-15-25(31-32-26)33(3)20-12-18-5-6-19(13-20)30-18/h4,7,10-11,14-15,18-20,30,34H,5-6,8-9,12-13H2,1-3H3/t18-,19+,20?. The maximum atomic E-state index is 10.8. The van der Waals surface area contributed by atoms with Gasteiger partial charge in [0.05, 0.1) is 17.5 Å². The molecule has 8 nitrogen and oxygen atoms in total. The van der Waals surface area contributed by atoms with Gasteiger partial charge in [-0.05, 0) is 76.1 Å². The second kappa shape index (κ2) is 8.45. The van der Waals surface area contributed by atoms with Crippen molar-refractivity contribution in [3.63, 3.8) is 0 Å². The van der Waals surface area contributed by atoms with E-state index in [0.717, 1.165) is 54.1 Å². The van der Waals surface area contributed by atoms with Crippen LogP contribution in [0.4, 0.5) is 5.82 Å². The Morgan fingerprint density at radius 1 is 1.03 bits per heavy atom. The fourth-order valence-corrected chi connectivity index (χ4v) is 5.66. The van der Waals surface area contributed by atoms with Crippen molar-refractivity contribution < 1.29 is 9.84 Å². The maximum absolute atomic E-state index is 10.8. The van der Waals surface area contributed by atoms with E-state index < -0.39 is 0 Å². The zero-order valence-corrected chi connectivity index (χ0v) is 20.5. The molecule has 0 amide bonds. The van der Waals surface area contributed by atoms with Gasteiger partial charge in [-0.15, -0.1) is 10.2 Å². The number of pyridine rings is 1. The van der Waals surface area contributed by atoms with Crippen molar-refractivity contribution in [3.05, 3.63) is 42.4 Å². The first-order valence-electron chi connectivity index (χ1n) is 12.5. The average molecular weight is 473 g/mol. The molecule has 1 aromatic carbocycles. The number of hydrogen-bond donors (Lipinski definition) is 2. The Labute approximate surface area is 205 Å². The van der Waals surface area contributed by atoms with Crippen molar-refractivity contribution in [2.45, 2.75) is 76.1 Å². The van der Waals surface area contributed by atoms with Crippen LogP contribution in [0, 0.1) is 0 Å². The van der Waals surface area contributed by atoms with E-state index in [1.165, 1.54) is 12.8 Å². The summed E-state index contributed by atoms with van der Waals surface area (Å²) in [4.78, 5) is 11.3. The highest BCUT2D eigenvalue weighted by atomic mass is 16.5. The number of nitrogens with zero attached hydrogens (tertiary/aromatic N) is 5. The first-order valence-corrected chi connectivity index (χ1v) is 12.5. The molecule has 2 N–H and O–H groups in total. The number of fused-ring (bicyclic) bond motifs is 3. The Balaban J connectivity index is 1.20. The third kappa shape index (κ3) is 4.31. The molecule has 6 rings (SSSR count). The van der Waals surface area contributed by atoms with Crippen molar-refractivity contribution in [2.75, 3.05) is 11.9 Å². The van der Waals surface area contributed by atoms with Gasteiger partial charge in [0.1, 0.15) is 17.1 Å². The SMILES string of the molecule is CN(c1cnc(-c2ccc(-c3cnc4c(c3)OC(C)(C)CC4)cc2O)nn1)C1C[C@H]2CC[C@@H](C1)N2. The molecule has 35 heavy (non-hydrogen) atoms. The number of nitrogens with one attached hydrogen (secondary N) is 1. The summed E-state index contributed by atoms with van der Waals surface area (Å²) in [5, 5.41) is 23.3. The Kier molecular flexibility index (Phi) is 5.36. The monoisotopic (exact) mass is 472 g/mol. The van der Waals surface area contributed by atoms with Crippen LogP contribution in [0.3, 0.4) is 0 Å². The number of anilines is 1. The van der Waals surface area contributed by atoms with Gasteiger partial charge in [0.2, 0.25) is 0 Å². The molecule has 3 aliphatic heterocycles. The van der Waals surface area contributed by atoms with Gasteiger partial charge in [-0.25, -0.2) is 4.98 Å². The van der Waals surface area contributed by atoms with E-state index in [9.17, 15) is 5.11 Å². The van der Waals surface area contributed by atoms with E-state index in [4.69, 9.17) is 4.74 Å². The zero-order valence-electron chi connectivity index (χ0n) is 20.5. The fraction of sp³-hybridized carbons (Fsp3) is 0.481. The summed E-state index contributed by atoms with van der Waals surface area (Å²) in [5.41, 5.74) is 3.10. The van der Waals surface area contributed by atoms with E-state index in [1.54, 1.807) is 12.3 Å². The Morgan fingerprint density at radius 2 is 1.83 bits per heavy atom. The molecule has 3 atom stereocenters. The third-order valence-electron chi connectivity index (χ3n) is 7.76. The predicted molar refractivity (Wildman–Crippen MR) is 135 cm³/mol. The van der Waals surface area contributed by atoms with Crippen LogP contribution in [-0.4, -0.2) is 56.0 Å². The van der Waals surface area contributed by atoms with Crippen LogP contribution in [0.25, 0.3) is 22.5 Å². The number of aromatic hydroxyl groups is 1. The summed E-state index contributed by atoms with van der Waals surface area (Å²) in [7, 11) is 2.07. The van der Waals surface area contributed by atoms with Crippen LogP contribution in [-0.2, 0) is 6.42 Å². The molecule has 5 heterocycles. The number of phenolic OH excluding ortho intramolecular Hbond substituents is 1. The Morgan fingerprint density at radius 3 is 2.54 bits per heavy atom. The Bertz CT molecular complexity index is 1230. The predicted octanol–water partition coefficient (Wildman–Crippen LogP) is 4.13. The van der Waals surface area contributed by atoms with Crippen molar-refractivity contribution in [2.24, 2.45) is 0 Å². The molecule has 2 aromatic heterocycles. The number of phenols is 1. The summed E-state index contributed by atoms with van der Waals surface area (Å²) in [6.07, 6.45) is 10.2. The van der Waals surface area contributed by atoms with Crippen LogP contribution in [0.15, 0.2) is 36.7 Å². The van der Waals surface area contributed by atoms with E-state index in [1.807, 2.05) is 24.4 Å². The lowest BCUT2D eigenvalue weighted by Crippen LogP contribution is -2.47. The molecule has 0 radical (unpaired) electrons. The van der Waals surface area contributed by atoms with Crippen molar-refractivity contribution in [1.29, 1.82) is 0 Å². The first-order chi connectivity index (χ1) is 16.8. The van der Waals surface area contributed by atoms with Gasteiger partial charge < -0.3 is 20.1 Å². The Hall–Kier alpha value is -3.26. The van der Waals surface area contributed by atoms with Crippen LogP contribution >= 0.6 is 0 Å². The largest absolute Gasteiger partial charge is 0.507 e. The molecule has 8 heteroatoms. The molecule has 1 unspecified atom stereocenters. The normalized spacial score (nSPS) is 24.5. The molecule has 0 spiro atoms. The van der Waals surface area contributed by atoms with Crippen LogP contribution in [0.5, 0.6) is 11.5 Å². The van der Waals surface area contributed by atoms with Gasteiger partial charge in [-0.3, -0.25) is 4.98 Å². The third-order valence-corrected chi connectivity index (χ3v) is 7.76. The number of ether oxygens (including phenoxy) is 1. The smallest absolute Gasteiger partial charge is 0.185 e. The van der Waals surface area contributed by atoms with Crippen LogP contribution in [0.1, 0.15) is 51.6 Å². The molecule has 0 aliphatic carbocycles. The number of rotatable bonds is 4. The molecule has 2 fully saturated rings. The number of hydrogen-bond acceptors (Lipinski definition) is 8. The molecular formula is C27H32N6O2. The number of piperidine rings is 1. The number of benzene rings is 1. The summed E-state index contributed by atoms with van der Waals surface area (Å²) in [6, 6.07) is 9.18. The van der Waals surface area contributed by atoms with E-state index in [-0.39, 0.29) is 11.4 Å². The van der Waals surface area contributed by atoms with Gasteiger partial charge in [-0.1, -0.05) is 6.07 Å². The van der Waals surface area contributed by atoms with Crippen LogP contribution < -0.4 is 15.0 Å². The molecule has 2 saturated heterocycles. The first kappa shape index (κ1) is 22.2. The number of aromatic nitrogens is 4. The van der Waals surface area contributed by atoms with Gasteiger partial charge >= 0.3 is 0 Å². The molecule has 3 aliphatic rings. The highest BCUT2D eigenvalue weighted by Crippen LogP contribution is 2.37. The molecule has 2 bridgehead atoms. The minimum Gasteiger partial charge on any atom is -0.507 e. The minimum absolute atomic E-state index is 0.110. The lowest BCUT2D eigenvalue weighted by Gasteiger charge is -2.35. The zero-order chi connectivity index (χ0) is 24.2. The highest BCUT2D eigenvalue weighted by molar-refractivity contribution is 5.73. The summed E-state index contributed by atoms with van der Waals surface area (Å²) >= 11 is 0. The molecule has 182 valence electrons. The summed E-state index contributed by atoms with van der Waals surface area (Å²) in [6.45, 7) is 4.19.